The molecule has 0 spiro atoms. The number of phenolic OH excluding ortho intramolecular Hbond substituents is 1. The Hall–Kier alpha value is -1.35. The summed E-state index contributed by atoms with van der Waals surface area (Å²) in [5.74, 6) is -1.07. The van der Waals surface area contributed by atoms with E-state index in [4.69, 9.17) is 16.7 Å². The van der Waals surface area contributed by atoms with Gasteiger partial charge in [-0.1, -0.05) is 25.4 Å². The highest BCUT2D eigenvalue weighted by Gasteiger charge is 2.05. The standard InChI is InChI=1S/C9H5ClFNO.C2H6/c10-9-6-4-7(11)8(13)3-5(6)1-2-12-9;1-2/h1-4,13H;1-2H3. The maximum Gasteiger partial charge on any atom is 0.165 e. The largest absolute Gasteiger partial charge is 0.505 e. The molecule has 1 aromatic heterocycles. The minimum Gasteiger partial charge on any atom is -0.505 e. The summed E-state index contributed by atoms with van der Waals surface area (Å²) in [6.07, 6.45) is 1.50. The first-order valence-electron chi connectivity index (χ1n) is 4.61. The quantitative estimate of drug-likeness (QED) is 0.696. The average molecular weight is 228 g/mol. The number of aromatic hydroxyl groups is 1. The Bertz CT molecular complexity index is 473. The van der Waals surface area contributed by atoms with Crippen LogP contribution in [-0.4, -0.2) is 10.1 Å². The van der Waals surface area contributed by atoms with Gasteiger partial charge in [-0.3, -0.25) is 0 Å². The van der Waals surface area contributed by atoms with Crippen LogP contribution in [0, 0.1) is 5.82 Å². The molecular weight excluding hydrogens is 217 g/mol. The maximum absolute atomic E-state index is 12.9. The summed E-state index contributed by atoms with van der Waals surface area (Å²) in [6, 6.07) is 4.14. The number of aromatic nitrogens is 1. The van der Waals surface area contributed by atoms with E-state index in [0.717, 1.165) is 0 Å². The first-order chi connectivity index (χ1) is 7.18. The zero-order chi connectivity index (χ0) is 11.4. The molecule has 0 saturated carbocycles. The van der Waals surface area contributed by atoms with Crippen LogP contribution in [0.3, 0.4) is 0 Å². The van der Waals surface area contributed by atoms with Gasteiger partial charge in [0.1, 0.15) is 5.15 Å². The number of benzene rings is 1. The van der Waals surface area contributed by atoms with E-state index in [0.29, 0.717) is 10.8 Å². The Morgan fingerprint density at radius 2 is 2.00 bits per heavy atom. The number of hydrogen-bond donors (Lipinski definition) is 1. The molecule has 0 aliphatic heterocycles. The summed E-state index contributed by atoms with van der Waals surface area (Å²) in [5.41, 5.74) is 0. The molecule has 1 N–H and O–H groups in total. The summed E-state index contributed by atoms with van der Waals surface area (Å²) in [4.78, 5) is 3.80. The van der Waals surface area contributed by atoms with Crippen LogP contribution in [0.2, 0.25) is 5.15 Å². The highest BCUT2D eigenvalue weighted by molar-refractivity contribution is 6.34. The first kappa shape index (κ1) is 11.7. The van der Waals surface area contributed by atoms with E-state index in [1.807, 2.05) is 13.8 Å². The molecule has 0 unspecified atom stereocenters. The Morgan fingerprint density at radius 1 is 1.33 bits per heavy atom. The van der Waals surface area contributed by atoms with Gasteiger partial charge in [0.2, 0.25) is 0 Å². The van der Waals surface area contributed by atoms with Crippen LogP contribution in [0.15, 0.2) is 24.4 Å². The molecule has 0 amide bonds. The first-order valence-corrected chi connectivity index (χ1v) is 4.99. The maximum atomic E-state index is 12.9. The molecule has 2 rings (SSSR count). The highest BCUT2D eigenvalue weighted by atomic mass is 35.5. The monoisotopic (exact) mass is 227 g/mol. The van der Waals surface area contributed by atoms with E-state index in [2.05, 4.69) is 4.98 Å². The van der Waals surface area contributed by atoms with Crippen molar-refractivity contribution < 1.29 is 9.50 Å². The Morgan fingerprint density at radius 3 is 2.67 bits per heavy atom. The molecule has 1 heterocycles. The van der Waals surface area contributed by atoms with Gasteiger partial charge in [-0.2, -0.15) is 0 Å². The number of halogens is 2. The fourth-order valence-electron chi connectivity index (χ4n) is 1.15. The van der Waals surface area contributed by atoms with E-state index in [1.54, 1.807) is 6.07 Å². The number of pyridine rings is 1. The molecule has 0 aliphatic carbocycles. The zero-order valence-corrected chi connectivity index (χ0v) is 9.22. The van der Waals surface area contributed by atoms with Gasteiger partial charge >= 0.3 is 0 Å². The van der Waals surface area contributed by atoms with Crippen molar-refractivity contribution in [3.05, 3.63) is 35.4 Å². The van der Waals surface area contributed by atoms with Crippen molar-refractivity contribution in [1.82, 2.24) is 4.98 Å². The van der Waals surface area contributed by atoms with Crippen LogP contribution < -0.4 is 0 Å². The third-order valence-electron chi connectivity index (χ3n) is 1.78. The van der Waals surface area contributed by atoms with Crippen LogP contribution in [0.1, 0.15) is 13.8 Å². The molecule has 0 saturated heterocycles. The predicted molar refractivity (Wildman–Crippen MR) is 59.7 cm³/mol. The summed E-state index contributed by atoms with van der Waals surface area (Å²) in [7, 11) is 0. The van der Waals surface area contributed by atoms with Crippen LogP contribution in [-0.2, 0) is 0 Å². The van der Waals surface area contributed by atoms with Crippen molar-refractivity contribution >= 4 is 22.4 Å². The van der Waals surface area contributed by atoms with Crippen LogP contribution >= 0.6 is 11.6 Å². The van der Waals surface area contributed by atoms with Crippen molar-refractivity contribution in [2.24, 2.45) is 0 Å². The van der Waals surface area contributed by atoms with Gasteiger partial charge < -0.3 is 5.11 Å². The molecule has 0 bridgehead atoms. The number of nitrogens with zero attached hydrogens (tertiary/aromatic N) is 1. The second kappa shape index (κ2) is 4.94. The Labute approximate surface area is 92.3 Å². The van der Waals surface area contributed by atoms with Crippen molar-refractivity contribution in [2.45, 2.75) is 13.8 Å². The van der Waals surface area contributed by atoms with E-state index < -0.39 is 5.82 Å². The van der Waals surface area contributed by atoms with Crippen LogP contribution in [0.5, 0.6) is 5.75 Å². The molecule has 0 radical (unpaired) electrons. The SMILES string of the molecule is CC.Oc1cc2ccnc(Cl)c2cc1F. The van der Waals surface area contributed by atoms with Crippen molar-refractivity contribution in [1.29, 1.82) is 0 Å². The van der Waals surface area contributed by atoms with Crippen LogP contribution in [0.4, 0.5) is 4.39 Å². The minimum atomic E-state index is -0.692. The van der Waals surface area contributed by atoms with Gasteiger partial charge in [-0.25, -0.2) is 9.37 Å². The van der Waals surface area contributed by atoms with Crippen LogP contribution in [0.25, 0.3) is 10.8 Å². The van der Waals surface area contributed by atoms with Crippen molar-refractivity contribution in [3.8, 4) is 5.75 Å². The lowest BCUT2D eigenvalue weighted by Gasteiger charge is -2.00. The van der Waals surface area contributed by atoms with E-state index >= 15 is 0 Å². The van der Waals surface area contributed by atoms with E-state index in [-0.39, 0.29) is 10.9 Å². The Balaban J connectivity index is 0.000000531. The average Bonchev–Trinajstić information content (AvgIpc) is 2.24. The Kier molecular flexibility index (Phi) is 3.86. The fourth-order valence-corrected chi connectivity index (χ4v) is 1.37. The van der Waals surface area contributed by atoms with Gasteiger partial charge in [-0.05, 0) is 23.6 Å². The van der Waals surface area contributed by atoms with Crippen molar-refractivity contribution in [3.63, 3.8) is 0 Å². The number of rotatable bonds is 0. The third-order valence-corrected chi connectivity index (χ3v) is 2.08. The summed E-state index contributed by atoms with van der Waals surface area (Å²) >= 11 is 5.72. The van der Waals surface area contributed by atoms with Gasteiger partial charge in [0.15, 0.2) is 11.6 Å². The predicted octanol–water partition coefficient (Wildman–Crippen LogP) is 3.76. The molecule has 2 aromatic rings. The fraction of sp³-hybridized carbons (Fsp3) is 0.182. The molecule has 15 heavy (non-hydrogen) atoms. The van der Waals surface area contributed by atoms with Crippen molar-refractivity contribution in [2.75, 3.05) is 0 Å². The highest BCUT2D eigenvalue weighted by Crippen LogP contribution is 2.27. The number of hydrogen-bond acceptors (Lipinski definition) is 2. The van der Waals surface area contributed by atoms with Gasteiger partial charge in [0.25, 0.3) is 0 Å². The molecule has 4 heteroatoms. The lowest BCUT2D eigenvalue weighted by molar-refractivity contribution is 0.433. The molecule has 0 fully saturated rings. The van der Waals surface area contributed by atoms with Gasteiger partial charge in [0, 0.05) is 11.6 Å². The lowest BCUT2D eigenvalue weighted by Crippen LogP contribution is -1.81. The third kappa shape index (κ3) is 2.36. The lowest BCUT2D eigenvalue weighted by atomic mass is 10.1. The molecular formula is C11H11ClFNO. The van der Waals surface area contributed by atoms with Gasteiger partial charge in [-0.15, -0.1) is 0 Å². The van der Waals surface area contributed by atoms with E-state index in [9.17, 15) is 4.39 Å². The number of phenols is 1. The molecule has 1 aromatic carbocycles. The second-order valence-corrected chi connectivity index (χ2v) is 2.98. The summed E-state index contributed by atoms with van der Waals surface area (Å²) < 4.78 is 12.9. The molecule has 2 nitrogen and oxygen atoms in total. The normalized spacial score (nSPS) is 9.60. The summed E-state index contributed by atoms with van der Waals surface area (Å²) in [6.45, 7) is 4.00. The van der Waals surface area contributed by atoms with Gasteiger partial charge in [0.05, 0.1) is 0 Å². The topological polar surface area (TPSA) is 33.1 Å². The number of fused-ring (bicyclic) bond motifs is 1. The molecule has 80 valence electrons. The zero-order valence-electron chi connectivity index (χ0n) is 8.46. The van der Waals surface area contributed by atoms with E-state index in [1.165, 1.54) is 18.3 Å². The smallest absolute Gasteiger partial charge is 0.165 e. The second-order valence-electron chi connectivity index (χ2n) is 2.63. The minimum absolute atomic E-state index is 0.233. The molecule has 0 atom stereocenters. The summed E-state index contributed by atoms with van der Waals surface area (Å²) in [5, 5.41) is 10.5. The molecule has 0 aliphatic rings.